The molecule has 29 heavy (non-hydrogen) atoms. The third-order valence-electron chi connectivity index (χ3n) is 4.59. The maximum Gasteiger partial charge on any atom is 0.305 e. The molecule has 158 valence electrons. The van der Waals surface area contributed by atoms with Crippen molar-refractivity contribution in [2.24, 2.45) is 4.99 Å². The molecule has 2 N–H and O–H groups in total. The number of rotatable bonds is 12. The monoisotopic (exact) mass is 399 g/mol. The zero-order valence-electron chi connectivity index (χ0n) is 17.6. The number of aliphatic imine (C=N–C) groups is 1. The first-order chi connectivity index (χ1) is 14.2. The lowest BCUT2D eigenvalue weighted by Gasteiger charge is -2.12. The van der Waals surface area contributed by atoms with E-state index in [0.717, 1.165) is 51.3 Å². The van der Waals surface area contributed by atoms with Crippen molar-refractivity contribution in [3.05, 3.63) is 53.9 Å². The molecular formula is C22H33N5O2. The van der Waals surface area contributed by atoms with E-state index >= 15 is 0 Å². The van der Waals surface area contributed by atoms with Crippen LogP contribution in [0.1, 0.15) is 50.2 Å². The molecule has 0 unspecified atom stereocenters. The van der Waals surface area contributed by atoms with Gasteiger partial charge in [0, 0.05) is 31.9 Å². The maximum absolute atomic E-state index is 11.1. The van der Waals surface area contributed by atoms with E-state index in [1.165, 1.54) is 18.2 Å². The van der Waals surface area contributed by atoms with Gasteiger partial charge in [-0.2, -0.15) is 5.10 Å². The number of carbonyl (C=O) groups is 1. The van der Waals surface area contributed by atoms with Crippen molar-refractivity contribution in [1.29, 1.82) is 0 Å². The minimum absolute atomic E-state index is 0.127. The van der Waals surface area contributed by atoms with Crippen molar-refractivity contribution in [2.75, 3.05) is 20.2 Å². The third kappa shape index (κ3) is 8.81. The summed E-state index contributed by atoms with van der Waals surface area (Å²) in [6, 6.07) is 10.3. The van der Waals surface area contributed by atoms with Gasteiger partial charge in [0.25, 0.3) is 0 Å². The lowest BCUT2D eigenvalue weighted by molar-refractivity contribution is -0.140. The van der Waals surface area contributed by atoms with Gasteiger partial charge in [0.1, 0.15) is 0 Å². The molecule has 0 radical (unpaired) electrons. The molecule has 0 aliphatic carbocycles. The second-order valence-electron chi connectivity index (χ2n) is 6.83. The van der Waals surface area contributed by atoms with Crippen molar-refractivity contribution < 1.29 is 9.53 Å². The topological polar surface area (TPSA) is 80.5 Å². The second-order valence-corrected chi connectivity index (χ2v) is 6.83. The van der Waals surface area contributed by atoms with Crippen LogP contribution in [-0.4, -0.2) is 41.9 Å². The summed E-state index contributed by atoms with van der Waals surface area (Å²) in [4.78, 5) is 15.8. The molecule has 0 atom stereocenters. The summed E-state index contributed by atoms with van der Waals surface area (Å²) in [5, 5.41) is 11.0. The Hall–Kier alpha value is -2.83. The maximum atomic E-state index is 11.1. The number of hydrogen-bond donors (Lipinski definition) is 2. The summed E-state index contributed by atoms with van der Waals surface area (Å²) in [6.07, 6.45) is 8.31. The summed E-state index contributed by atoms with van der Waals surface area (Å²) < 4.78 is 6.58. The van der Waals surface area contributed by atoms with Crippen LogP contribution in [0, 0.1) is 0 Å². The van der Waals surface area contributed by atoms with E-state index in [9.17, 15) is 4.79 Å². The van der Waals surface area contributed by atoms with Crippen molar-refractivity contribution in [2.45, 2.75) is 52.1 Å². The molecule has 0 fully saturated rings. The molecule has 7 heteroatoms. The lowest BCUT2D eigenvalue weighted by atomic mass is 10.1. The van der Waals surface area contributed by atoms with Gasteiger partial charge in [0.2, 0.25) is 0 Å². The molecule has 0 spiro atoms. The van der Waals surface area contributed by atoms with Crippen LogP contribution < -0.4 is 10.6 Å². The van der Waals surface area contributed by atoms with Crippen LogP contribution in [0.25, 0.3) is 0 Å². The molecule has 0 saturated carbocycles. The van der Waals surface area contributed by atoms with E-state index in [4.69, 9.17) is 4.99 Å². The molecule has 0 amide bonds. The van der Waals surface area contributed by atoms with Crippen molar-refractivity contribution in [3.63, 3.8) is 0 Å². The molecule has 0 aliphatic rings. The fraction of sp³-hybridized carbons (Fsp3) is 0.500. The van der Waals surface area contributed by atoms with Gasteiger partial charge in [0.05, 0.1) is 20.2 Å². The molecule has 0 aliphatic heterocycles. The van der Waals surface area contributed by atoms with Crippen LogP contribution in [0.2, 0.25) is 0 Å². The van der Waals surface area contributed by atoms with E-state index in [1.807, 2.05) is 23.0 Å². The van der Waals surface area contributed by atoms with Gasteiger partial charge in [-0.3, -0.25) is 9.48 Å². The molecule has 7 nitrogen and oxygen atoms in total. The number of esters is 1. The average Bonchev–Trinajstić information content (AvgIpc) is 3.25. The molecule has 0 bridgehead atoms. The van der Waals surface area contributed by atoms with Crippen molar-refractivity contribution >= 4 is 11.9 Å². The van der Waals surface area contributed by atoms with Crippen LogP contribution in [0.5, 0.6) is 0 Å². The number of nitrogens with zero attached hydrogens (tertiary/aromatic N) is 3. The van der Waals surface area contributed by atoms with Gasteiger partial charge in [0.15, 0.2) is 5.96 Å². The highest BCUT2D eigenvalue weighted by molar-refractivity contribution is 5.79. The van der Waals surface area contributed by atoms with E-state index < -0.39 is 0 Å². The number of hydrogen-bond acceptors (Lipinski definition) is 4. The van der Waals surface area contributed by atoms with Crippen LogP contribution >= 0.6 is 0 Å². The predicted molar refractivity (Wildman–Crippen MR) is 116 cm³/mol. The Morgan fingerprint density at radius 1 is 1.10 bits per heavy atom. The first kappa shape index (κ1) is 22.5. The van der Waals surface area contributed by atoms with E-state index in [-0.39, 0.29) is 5.97 Å². The van der Waals surface area contributed by atoms with E-state index in [2.05, 4.69) is 45.6 Å². The number of methoxy groups -OCH3 is 1. The number of unbranched alkanes of at least 4 members (excludes halogenated alkanes) is 3. The van der Waals surface area contributed by atoms with Crippen LogP contribution in [-0.2, 0) is 22.6 Å². The smallest absolute Gasteiger partial charge is 0.305 e. The summed E-state index contributed by atoms with van der Waals surface area (Å²) in [5.74, 6) is 0.702. The average molecular weight is 400 g/mol. The highest BCUT2D eigenvalue weighted by Crippen LogP contribution is 2.11. The Kier molecular flexibility index (Phi) is 10.3. The molecular weight excluding hydrogens is 366 g/mol. The second kappa shape index (κ2) is 13.4. The van der Waals surface area contributed by atoms with Gasteiger partial charge in [-0.1, -0.05) is 37.1 Å². The number of guanidine groups is 1. The highest BCUT2D eigenvalue weighted by Gasteiger charge is 2.04. The van der Waals surface area contributed by atoms with Gasteiger partial charge in [-0.05, 0) is 37.0 Å². The summed E-state index contributed by atoms with van der Waals surface area (Å²) >= 11 is 0. The fourth-order valence-electron chi connectivity index (χ4n) is 3.00. The Labute approximate surface area is 173 Å². The number of carbonyl (C=O) groups excluding carboxylic acids is 1. The van der Waals surface area contributed by atoms with Gasteiger partial charge in [-0.15, -0.1) is 0 Å². The van der Waals surface area contributed by atoms with Crippen molar-refractivity contribution in [1.82, 2.24) is 20.4 Å². The summed E-state index contributed by atoms with van der Waals surface area (Å²) in [7, 11) is 1.43. The Bertz CT molecular complexity index is 743. The van der Waals surface area contributed by atoms with Crippen molar-refractivity contribution in [3.8, 4) is 0 Å². The third-order valence-corrected chi connectivity index (χ3v) is 4.59. The molecule has 2 rings (SSSR count). The largest absolute Gasteiger partial charge is 0.469 e. The zero-order valence-corrected chi connectivity index (χ0v) is 17.6. The van der Waals surface area contributed by atoms with E-state index in [0.29, 0.717) is 13.0 Å². The van der Waals surface area contributed by atoms with Crippen LogP contribution in [0.4, 0.5) is 0 Å². The van der Waals surface area contributed by atoms with Gasteiger partial charge in [-0.25, -0.2) is 4.99 Å². The predicted octanol–water partition coefficient (Wildman–Crippen LogP) is 3.11. The Morgan fingerprint density at radius 3 is 2.62 bits per heavy atom. The van der Waals surface area contributed by atoms with Crippen LogP contribution in [0.3, 0.4) is 0 Å². The first-order valence-electron chi connectivity index (χ1n) is 10.4. The number of ether oxygens (including phenoxy) is 1. The lowest BCUT2D eigenvalue weighted by Crippen LogP contribution is -2.37. The summed E-state index contributed by atoms with van der Waals surface area (Å²) in [5.41, 5.74) is 2.42. The molecule has 0 saturated heterocycles. The quantitative estimate of drug-likeness (QED) is 0.248. The molecule has 2 aromatic rings. The molecule has 1 heterocycles. The molecule has 1 aromatic carbocycles. The minimum atomic E-state index is -0.127. The van der Waals surface area contributed by atoms with E-state index in [1.54, 1.807) is 6.20 Å². The standard InChI is InChI=1S/C22H33N5O2/c1-3-23-22(24-14-9-5-4-6-13-21(28)29-2)25-17-19-11-7-8-12-20(19)18-27-16-10-15-26-27/h7-8,10-12,15-16H,3-6,9,13-14,17-18H2,1-2H3,(H2,23,24,25). The number of nitrogens with one attached hydrogen (secondary N) is 2. The fourth-order valence-corrected chi connectivity index (χ4v) is 3.00. The van der Waals surface area contributed by atoms with Crippen LogP contribution in [0.15, 0.2) is 47.7 Å². The number of benzene rings is 1. The Morgan fingerprint density at radius 2 is 1.90 bits per heavy atom. The minimum Gasteiger partial charge on any atom is -0.469 e. The SMILES string of the molecule is CCNC(=NCc1ccccc1Cn1cccn1)NCCCCCCC(=O)OC. The number of aromatic nitrogens is 2. The normalized spacial score (nSPS) is 11.3. The first-order valence-corrected chi connectivity index (χ1v) is 10.4. The van der Waals surface area contributed by atoms with Gasteiger partial charge < -0.3 is 15.4 Å². The summed E-state index contributed by atoms with van der Waals surface area (Å²) in [6.45, 7) is 5.11. The highest BCUT2D eigenvalue weighted by atomic mass is 16.5. The Balaban J connectivity index is 1.79. The molecule has 1 aromatic heterocycles. The zero-order chi connectivity index (χ0) is 20.7. The van der Waals surface area contributed by atoms with Gasteiger partial charge >= 0.3 is 5.97 Å².